The highest BCUT2D eigenvalue weighted by Crippen LogP contribution is 2.35. The number of benzene rings is 3. The van der Waals surface area contributed by atoms with E-state index in [2.05, 4.69) is 20.5 Å². The topological polar surface area (TPSA) is 89.0 Å². The van der Waals surface area contributed by atoms with E-state index in [0.717, 1.165) is 36.0 Å². The molecule has 0 saturated heterocycles. The van der Waals surface area contributed by atoms with Gasteiger partial charge in [0.1, 0.15) is 17.7 Å². The lowest BCUT2D eigenvalue weighted by Gasteiger charge is -2.16. The molecule has 7 nitrogen and oxygen atoms in total. The minimum atomic E-state index is -0.487. The van der Waals surface area contributed by atoms with Crippen molar-refractivity contribution in [1.29, 1.82) is 0 Å². The average Bonchev–Trinajstić information content (AvgIpc) is 3.62. The quantitative estimate of drug-likeness (QED) is 0.331. The standard InChI is InChI=1S/C28H25F2N5O2/c1-35-15-32-34-27(35)21-13-19(29)8-9-20(21)17-4-2-5-18(12-17)28-33-24-11-16(10-22(30)26(24)37-28)14-31-23-6-3-7-25(23)36/h2,4-5,8-13,15,23,25,31,36H,3,6-7,14H2,1H3/t23?,25-/m0/s1. The number of hydrogen-bond donors (Lipinski definition) is 2. The SMILES string of the molecule is Cn1cnnc1-c1cc(F)ccc1-c1cccc(-c2nc3cc(CNC4CCC[C@@H]4O)cc(F)c3o2)c1. The molecule has 0 spiro atoms. The van der Waals surface area contributed by atoms with Crippen LogP contribution >= 0.6 is 0 Å². The lowest BCUT2D eigenvalue weighted by molar-refractivity contribution is 0.148. The summed E-state index contributed by atoms with van der Waals surface area (Å²) in [7, 11) is 1.80. The summed E-state index contributed by atoms with van der Waals surface area (Å²) in [5.74, 6) is -0.0381. The maximum absolute atomic E-state index is 14.9. The van der Waals surface area contributed by atoms with Crippen LogP contribution < -0.4 is 5.32 Å². The van der Waals surface area contributed by atoms with Crippen molar-refractivity contribution >= 4 is 11.1 Å². The second-order valence-electron chi connectivity index (χ2n) is 9.47. The molecule has 1 unspecified atom stereocenters. The highest BCUT2D eigenvalue weighted by Gasteiger charge is 2.24. The molecule has 2 aromatic heterocycles. The Labute approximate surface area is 211 Å². The molecule has 2 N–H and O–H groups in total. The summed E-state index contributed by atoms with van der Waals surface area (Å²) in [5.41, 5.74) is 4.08. The fraction of sp³-hybridized carbons (Fsp3) is 0.250. The zero-order valence-electron chi connectivity index (χ0n) is 20.2. The summed E-state index contributed by atoms with van der Waals surface area (Å²) in [5, 5.41) is 21.4. The van der Waals surface area contributed by atoms with Crippen molar-refractivity contribution in [2.45, 2.75) is 38.0 Å². The molecule has 37 heavy (non-hydrogen) atoms. The number of oxazole rings is 1. The second kappa shape index (κ2) is 9.49. The van der Waals surface area contributed by atoms with E-state index >= 15 is 0 Å². The zero-order valence-corrected chi connectivity index (χ0v) is 20.2. The Morgan fingerprint density at radius 1 is 1.05 bits per heavy atom. The number of fused-ring (bicyclic) bond motifs is 1. The maximum Gasteiger partial charge on any atom is 0.227 e. The van der Waals surface area contributed by atoms with Gasteiger partial charge in [0.05, 0.1) is 6.10 Å². The minimum Gasteiger partial charge on any atom is -0.433 e. The van der Waals surface area contributed by atoms with Crippen molar-refractivity contribution in [3.63, 3.8) is 0 Å². The first kappa shape index (κ1) is 23.4. The third kappa shape index (κ3) is 4.52. The largest absolute Gasteiger partial charge is 0.433 e. The van der Waals surface area contributed by atoms with Crippen LogP contribution in [-0.2, 0) is 13.6 Å². The van der Waals surface area contributed by atoms with Gasteiger partial charge in [0.2, 0.25) is 5.89 Å². The molecule has 6 rings (SSSR count). The number of hydrogen-bond acceptors (Lipinski definition) is 6. The fourth-order valence-electron chi connectivity index (χ4n) is 5.00. The first-order valence-electron chi connectivity index (χ1n) is 12.2. The van der Waals surface area contributed by atoms with Crippen LogP contribution in [0.4, 0.5) is 8.78 Å². The summed E-state index contributed by atoms with van der Waals surface area (Å²) < 4.78 is 36.6. The number of aryl methyl sites for hydroxylation is 1. The van der Waals surface area contributed by atoms with Crippen molar-refractivity contribution in [2.24, 2.45) is 7.05 Å². The Kier molecular flexibility index (Phi) is 6.02. The highest BCUT2D eigenvalue weighted by molar-refractivity contribution is 5.83. The number of nitrogens with one attached hydrogen (secondary N) is 1. The van der Waals surface area contributed by atoms with Gasteiger partial charge < -0.3 is 19.4 Å². The molecular weight excluding hydrogens is 476 g/mol. The molecule has 5 aromatic rings. The normalized spacial score (nSPS) is 17.6. The van der Waals surface area contributed by atoms with Crippen LogP contribution in [0.5, 0.6) is 0 Å². The van der Waals surface area contributed by atoms with Crippen molar-refractivity contribution in [3.05, 3.63) is 78.1 Å². The van der Waals surface area contributed by atoms with Crippen molar-refractivity contribution < 1.29 is 18.3 Å². The summed E-state index contributed by atoms with van der Waals surface area (Å²) in [6.07, 6.45) is 3.87. The molecule has 0 radical (unpaired) electrons. The van der Waals surface area contributed by atoms with Gasteiger partial charge in [-0.1, -0.05) is 18.2 Å². The van der Waals surface area contributed by atoms with E-state index in [-0.39, 0.29) is 29.4 Å². The number of rotatable bonds is 6. The average molecular weight is 502 g/mol. The third-order valence-corrected chi connectivity index (χ3v) is 6.91. The van der Waals surface area contributed by atoms with E-state index in [1.165, 1.54) is 18.2 Å². The first-order valence-corrected chi connectivity index (χ1v) is 12.2. The number of aliphatic hydroxyl groups is 1. The van der Waals surface area contributed by atoms with E-state index in [1.54, 1.807) is 30.1 Å². The molecule has 0 bridgehead atoms. The van der Waals surface area contributed by atoms with E-state index in [4.69, 9.17) is 4.42 Å². The highest BCUT2D eigenvalue weighted by atomic mass is 19.1. The molecule has 0 aliphatic heterocycles. The van der Waals surface area contributed by atoms with Gasteiger partial charge >= 0.3 is 0 Å². The van der Waals surface area contributed by atoms with Crippen molar-refractivity contribution in [3.8, 4) is 34.0 Å². The van der Waals surface area contributed by atoms with Crippen LogP contribution in [0.15, 0.2) is 65.3 Å². The fourth-order valence-corrected chi connectivity index (χ4v) is 5.00. The van der Waals surface area contributed by atoms with Crippen LogP contribution in [0, 0.1) is 11.6 Å². The van der Waals surface area contributed by atoms with Gasteiger partial charge in [-0.05, 0) is 72.4 Å². The van der Waals surface area contributed by atoms with Gasteiger partial charge in [-0.15, -0.1) is 10.2 Å². The van der Waals surface area contributed by atoms with Crippen LogP contribution in [0.2, 0.25) is 0 Å². The lowest BCUT2D eigenvalue weighted by Crippen LogP contribution is -2.35. The second-order valence-corrected chi connectivity index (χ2v) is 9.47. The van der Waals surface area contributed by atoms with Gasteiger partial charge in [-0.3, -0.25) is 0 Å². The monoisotopic (exact) mass is 501 g/mol. The maximum atomic E-state index is 14.9. The van der Waals surface area contributed by atoms with E-state index in [0.29, 0.717) is 29.0 Å². The van der Waals surface area contributed by atoms with Crippen LogP contribution in [0.3, 0.4) is 0 Å². The molecule has 1 saturated carbocycles. The minimum absolute atomic E-state index is 0.0206. The molecule has 1 aliphatic rings. The van der Waals surface area contributed by atoms with Crippen molar-refractivity contribution in [1.82, 2.24) is 25.1 Å². The van der Waals surface area contributed by atoms with E-state index in [9.17, 15) is 13.9 Å². The number of nitrogens with zero attached hydrogens (tertiary/aromatic N) is 4. The van der Waals surface area contributed by atoms with Gasteiger partial charge in [0, 0.05) is 30.8 Å². The molecule has 188 valence electrons. The Morgan fingerprint density at radius 2 is 1.92 bits per heavy atom. The molecular formula is C28H25F2N5O2. The van der Waals surface area contributed by atoms with Gasteiger partial charge in [-0.25, -0.2) is 13.8 Å². The lowest BCUT2D eigenvalue weighted by atomic mass is 9.97. The summed E-state index contributed by atoms with van der Waals surface area (Å²) >= 11 is 0. The summed E-state index contributed by atoms with van der Waals surface area (Å²) in [6, 6.07) is 15.3. The van der Waals surface area contributed by atoms with Gasteiger partial charge in [-0.2, -0.15) is 0 Å². The van der Waals surface area contributed by atoms with Gasteiger partial charge in [0.25, 0.3) is 0 Å². The predicted molar refractivity (Wildman–Crippen MR) is 135 cm³/mol. The Hall–Kier alpha value is -3.95. The van der Waals surface area contributed by atoms with Crippen LogP contribution in [-0.4, -0.2) is 37.0 Å². The molecule has 1 fully saturated rings. The number of aliphatic hydroxyl groups excluding tert-OH is 1. The van der Waals surface area contributed by atoms with Crippen LogP contribution in [0.1, 0.15) is 24.8 Å². The molecule has 1 aliphatic carbocycles. The smallest absolute Gasteiger partial charge is 0.227 e. The van der Waals surface area contributed by atoms with Crippen LogP contribution in [0.25, 0.3) is 45.1 Å². The first-order chi connectivity index (χ1) is 18.0. The Balaban J connectivity index is 1.33. The van der Waals surface area contributed by atoms with Gasteiger partial charge in [0.15, 0.2) is 17.2 Å². The molecule has 3 aromatic carbocycles. The summed E-state index contributed by atoms with van der Waals surface area (Å²) in [4.78, 5) is 4.56. The number of halogens is 2. The van der Waals surface area contributed by atoms with Crippen molar-refractivity contribution in [2.75, 3.05) is 0 Å². The molecule has 2 atom stereocenters. The Bertz CT molecular complexity index is 1600. The Morgan fingerprint density at radius 3 is 2.70 bits per heavy atom. The number of aromatic nitrogens is 4. The predicted octanol–water partition coefficient (Wildman–Crippen LogP) is 5.24. The molecule has 2 heterocycles. The zero-order chi connectivity index (χ0) is 25.5. The third-order valence-electron chi connectivity index (χ3n) is 6.91. The van der Waals surface area contributed by atoms with E-state index < -0.39 is 5.82 Å². The molecule has 9 heteroatoms. The van der Waals surface area contributed by atoms with E-state index in [1.807, 2.05) is 24.3 Å². The molecule has 0 amide bonds. The summed E-state index contributed by atoms with van der Waals surface area (Å²) in [6.45, 7) is 0.432.